The van der Waals surface area contributed by atoms with Crippen LogP contribution in [0.2, 0.25) is 0 Å². The number of ether oxygens (including phenoxy) is 2. The number of anilines is 1. The monoisotopic (exact) mass is 263 g/mol. The van der Waals surface area contributed by atoms with Gasteiger partial charge in [0.25, 0.3) is 0 Å². The van der Waals surface area contributed by atoms with Gasteiger partial charge in [-0.05, 0) is 19.2 Å². The number of piperazine rings is 1. The van der Waals surface area contributed by atoms with E-state index in [0.29, 0.717) is 12.8 Å². The highest BCUT2D eigenvalue weighted by molar-refractivity contribution is 5.56. The molecule has 104 valence electrons. The average Bonchev–Trinajstić information content (AvgIpc) is 2.88. The normalized spacial score (nSPS) is 22.5. The fourth-order valence-corrected chi connectivity index (χ4v) is 2.61. The molecule has 1 atom stereocenters. The van der Waals surface area contributed by atoms with Gasteiger partial charge in [0, 0.05) is 51.0 Å². The molecule has 0 aliphatic carbocycles. The standard InChI is InChI=1S/C14H21N3O2/c1-16-6-5-15-8-12(16)9-17(2)11-3-4-13-14(7-11)19-10-18-13/h3-4,7,12,15H,5-6,8-10H2,1-2H3. The first-order valence-electron chi connectivity index (χ1n) is 6.76. The van der Waals surface area contributed by atoms with Gasteiger partial charge in [-0.2, -0.15) is 0 Å². The molecule has 0 radical (unpaired) electrons. The Labute approximate surface area is 114 Å². The molecular weight excluding hydrogens is 242 g/mol. The molecule has 2 aliphatic heterocycles. The molecular formula is C14H21N3O2. The molecule has 0 spiro atoms. The fourth-order valence-electron chi connectivity index (χ4n) is 2.61. The second kappa shape index (κ2) is 5.27. The lowest BCUT2D eigenvalue weighted by Gasteiger charge is -2.36. The lowest BCUT2D eigenvalue weighted by Crippen LogP contribution is -2.53. The van der Waals surface area contributed by atoms with E-state index in [9.17, 15) is 0 Å². The van der Waals surface area contributed by atoms with Crippen LogP contribution in [-0.4, -0.2) is 58.0 Å². The third-order valence-corrected chi connectivity index (χ3v) is 3.93. The molecule has 2 heterocycles. The molecule has 1 aromatic rings. The Morgan fingerprint density at radius 2 is 2.21 bits per heavy atom. The first-order valence-corrected chi connectivity index (χ1v) is 6.76. The minimum Gasteiger partial charge on any atom is -0.454 e. The van der Waals surface area contributed by atoms with Crippen LogP contribution < -0.4 is 19.7 Å². The van der Waals surface area contributed by atoms with Gasteiger partial charge in [-0.1, -0.05) is 0 Å². The SMILES string of the molecule is CN(CC1CNCCN1C)c1ccc2c(c1)OCO2. The van der Waals surface area contributed by atoms with E-state index in [1.165, 1.54) is 5.69 Å². The summed E-state index contributed by atoms with van der Waals surface area (Å²) in [6.45, 7) is 4.58. The van der Waals surface area contributed by atoms with Crippen molar-refractivity contribution in [1.29, 1.82) is 0 Å². The van der Waals surface area contributed by atoms with E-state index in [-0.39, 0.29) is 0 Å². The topological polar surface area (TPSA) is 37.0 Å². The molecule has 5 nitrogen and oxygen atoms in total. The summed E-state index contributed by atoms with van der Waals surface area (Å²) in [6.07, 6.45) is 0. The van der Waals surface area contributed by atoms with E-state index in [1.807, 2.05) is 6.07 Å². The molecule has 1 unspecified atom stereocenters. The van der Waals surface area contributed by atoms with Crippen LogP contribution in [0.1, 0.15) is 0 Å². The number of nitrogens with one attached hydrogen (secondary N) is 1. The Balaban J connectivity index is 1.68. The van der Waals surface area contributed by atoms with Crippen molar-refractivity contribution in [2.75, 3.05) is 52.0 Å². The summed E-state index contributed by atoms with van der Waals surface area (Å²) < 4.78 is 10.8. The molecule has 3 rings (SSSR count). The van der Waals surface area contributed by atoms with Crippen LogP contribution in [0.4, 0.5) is 5.69 Å². The van der Waals surface area contributed by atoms with Crippen LogP contribution in [-0.2, 0) is 0 Å². The van der Waals surface area contributed by atoms with Crippen molar-refractivity contribution in [1.82, 2.24) is 10.2 Å². The molecule has 2 aliphatic rings. The van der Waals surface area contributed by atoms with Gasteiger partial charge in [-0.25, -0.2) is 0 Å². The molecule has 1 saturated heterocycles. The molecule has 1 fully saturated rings. The predicted molar refractivity (Wildman–Crippen MR) is 75.1 cm³/mol. The summed E-state index contributed by atoms with van der Waals surface area (Å²) in [5, 5.41) is 3.45. The lowest BCUT2D eigenvalue weighted by atomic mass is 10.2. The van der Waals surface area contributed by atoms with E-state index >= 15 is 0 Å². The molecule has 19 heavy (non-hydrogen) atoms. The van der Waals surface area contributed by atoms with Crippen molar-refractivity contribution < 1.29 is 9.47 Å². The van der Waals surface area contributed by atoms with Crippen molar-refractivity contribution in [3.63, 3.8) is 0 Å². The predicted octanol–water partition coefficient (Wildman–Crippen LogP) is 0.755. The number of benzene rings is 1. The fraction of sp³-hybridized carbons (Fsp3) is 0.571. The van der Waals surface area contributed by atoms with Crippen molar-refractivity contribution >= 4 is 5.69 Å². The molecule has 0 amide bonds. The van der Waals surface area contributed by atoms with Crippen LogP contribution in [0, 0.1) is 0 Å². The van der Waals surface area contributed by atoms with Crippen molar-refractivity contribution in [3.8, 4) is 11.5 Å². The maximum Gasteiger partial charge on any atom is 0.231 e. The van der Waals surface area contributed by atoms with Crippen molar-refractivity contribution in [2.45, 2.75) is 6.04 Å². The number of fused-ring (bicyclic) bond motifs is 1. The van der Waals surface area contributed by atoms with E-state index in [1.54, 1.807) is 0 Å². The van der Waals surface area contributed by atoms with Crippen molar-refractivity contribution in [3.05, 3.63) is 18.2 Å². The first-order chi connectivity index (χ1) is 9.24. The molecule has 1 N–H and O–H groups in total. The second-order valence-electron chi connectivity index (χ2n) is 5.26. The van der Waals surface area contributed by atoms with Gasteiger partial charge >= 0.3 is 0 Å². The highest BCUT2D eigenvalue weighted by Gasteiger charge is 2.21. The quantitative estimate of drug-likeness (QED) is 0.871. The molecule has 0 saturated carbocycles. The Bertz CT molecular complexity index is 452. The highest BCUT2D eigenvalue weighted by Crippen LogP contribution is 2.35. The second-order valence-corrected chi connectivity index (χ2v) is 5.26. The maximum atomic E-state index is 5.43. The van der Waals surface area contributed by atoms with Gasteiger partial charge in [0.1, 0.15) is 0 Å². The third kappa shape index (κ3) is 2.62. The van der Waals surface area contributed by atoms with Gasteiger partial charge < -0.3 is 19.7 Å². The maximum absolute atomic E-state index is 5.43. The van der Waals surface area contributed by atoms with E-state index in [4.69, 9.17) is 9.47 Å². The van der Waals surface area contributed by atoms with Gasteiger partial charge in [0.15, 0.2) is 11.5 Å². The zero-order chi connectivity index (χ0) is 13.2. The number of nitrogens with zero attached hydrogens (tertiary/aromatic N) is 2. The zero-order valence-electron chi connectivity index (χ0n) is 11.6. The summed E-state index contributed by atoms with van der Waals surface area (Å²) >= 11 is 0. The van der Waals surface area contributed by atoms with E-state index < -0.39 is 0 Å². The average molecular weight is 263 g/mol. The number of likely N-dealkylation sites (N-methyl/N-ethyl adjacent to an activating group) is 2. The molecule has 0 bridgehead atoms. The van der Waals surface area contributed by atoms with Crippen LogP contribution in [0.25, 0.3) is 0 Å². The summed E-state index contributed by atoms with van der Waals surface area (Å²) in [5.74, 6) is 1.69. The Morgan fingerprint density at radius 1 is 1.37 bits per heavy atom. The Morgan fingerprint density at radius 3 is 3.05 bits per heavy atom. The molecule has 5 heteroatoms. The van der Waals surface area contributed by atoms with Crippen molar-refractivity contribution in [2.24, 2.45) is 0 Å². The Hall–Kier alpha value is -1.46. The Kier molecular flexibility index (Phi) is 3.48. The minimum absolute atomic E-state index is 0.331. The number of hydrogen-bond donors (Lipinski definition) is 1. The van der Waals surface area contributed by atoms with Crippen LogP contribution >= 0.6 is 0 Å². The zero-order valence-corrected chi connectivity index (χ0v) is 11.6. The highest BCUT2D eigenvalue weighted by atomic mass is 16.7. The molecule has 0 aromatic heterocycles. The van der Waals surface area contributed by atoms with Gasteiger partial charge in [-0.3, -0.25) is 4.90 Å². The smallest absolute Gasteiger partial charge is 0.231 e. The van der Waals surface area contributed by atoms with Gasteiger partial charge in [-0.15, -0.1) is 0 Å². The largest absolute Gasteiger partial charge is 0.454 e. The summed E-state index contributed by atoms with van der Waals surface area (Å²) in [6, 6.07) is 6.67. The van der Waals surface area contributed by atoms with Crippen LogP contribution in [0.5, 0.6) is 11.5 Å². The summed E-state index contributed by atoms with van der Waals surface area (Å²) in [7, 11) is 4.32. The minimum atomic E-state index is 0.331. The lowest BCUT2D eigenvalue weighted by molar-refractivity contribution is 0.174. The van der Waals surface area contributed by atoms with Gasteiger partial charge in [0.2, 0.25) is 6.79 Å². The first kappa shape index (κ1) is 12.6. The third-order valence-electron chi connectivity index (χ3n) is 3.93. The summed E-state index contributed by atoms with van der Waals surface area (Å²) in [4.78, 5) is 4.69. The van der Waals surface area contributed by atoms with Crippen LogP contribution in [0.3, 0.4) is 0 Å². The summed E-state index contributed by atoms with van der Waals surface area (Å²) in [5.41, 5.74) is 1.17. The molecule has 1 aromatic carbocycles. The van der Waals surface area contributed by atoms with Gasteiger partial charge in [0.05, 0.1) is 0 Å². The number of rotatable bonds is 3. The van der Waals surface area contributed by atoms with E-state index in [0.717, 1.165) is 37.7 Å². The van der Waals surface area contributed by atoms with E-state index in [2.05, 4.69) is 41.3 Å². The number of hydrogen-bond acceptors (Lipinski definition) is 5. The van der Waals surface area contributed by atoms with Crippen LogP contribution in [0.15, 0.2) is 18.2 Å².